The molecule has 0 spiro atoms. The van der Waals surface area contributed by atoms with Gasteiger partial charge in [-0.15, -0.1) is 0 Å². The van der Waals surface area contributed by atoms with Crippen molar-refractivity contribution in [2.24, 2.45) is 0 Å². The van der Waals surface area contributed by atoms with Crippen LogP contribution in [-0.4, -0.2) is 36.3 Å². The third-order valence-corrected chi connectivity index (χ3v) is 4.18. The number of nitrogens with zero attached hydrogens (tertiary/aromatic N) is 1. The summed E-state index contributed by atoms with van der Waals surface area (Å²) in [7, 11) is 0. The molecule has 1 saturated heterocycles. The number of carbonyl (C=O) groups excluding carboxylic acids is 2. The van der Waals surface area contributed by atoms with Crippen molar-refractivity contribution in [1.29, 1.82) is 0 Å². The van der Waals surface area contributed by atoms with Gasteiger partial charge in [0.15, 0.2) is 0 Å². The van der Waals surface area contributed by atoms with E-state index in [2.05, 4.69) is 31.2 Å². The van der Waals surface area contributed by atoms with Crippen molar-refractivity contribution in [2.75, 3.05) is 13.1 Å². The number of ether oxygens (including phenoxy) is 2. The Morgan fingerprint density at radius 3 is 2.40 bits per heavy atom. The molecule has 5 nitrogen and oxygen atoms in total. The zero-order valence-electron chi connectivity index (χ0n) is 16.1. The number of piperidine rings is 1. The molecule has 25 heavy (non-hydrogen) atoms. The summed E-state index contributed by atoms with van der Waals surface area (Å²) in [6.45, 7) is 10.3. The van der Waals surface area contributed by atoms with Gasteiger partial charge in [-0.05, 0) is 36.3 Å². The van der Waals surface area contributed by atoms with Crippen LogP contribution in [0.4, 0.5) is 4.79 Å². The van der Waals surface area contributed by atoms with E-state index in [0.717, 1.165) is 19.3 Å². The van der Waals surface area contributed by atoms with Gasteiger partial charge in [0.25, 0.3) is 0 Å². The molecule has 0 saturated carbocycles. The average molecular weight is 349 g/mol. The van der Waals surface area contributed by atoms with Gasteiger partial charge in [0.2, 0.25) is 6.29 Å². The van der Waals surface area contributed by atoms with Crippen LogP contribution in [0, 0.1) is 0 Å². The highest BCUT2D eigenvalue weighted by Gasteiger charge is 2.26. The Kier molecular flexibility index (Phi) is 9.03. The van der Waals surface area contributed by atoms with Gasteiger partial charge in [0.1, 0.15) is 0 Å². The lowest BCUT2D eigenvalue weighted by molar-refractivity contribution is -0.163. The normalized spacial score (nSPS) is 15.6. The first-order chi connectivity index (χ1) is 12.0. The molecule has 1 heterocycles. The molecule has 1 aromatic carbocycles. The number of aryl methyl sites for hydroxylation is 1. The zero-order valence-corrected chi connectivity index (χ0v) is 16.1. The number of carbonyl (C=O) groups is 2. The van der Waals surface area contributed by atoms with Crippen LogP contribution in [0.5, 0.6) is 0 Å². The van der Waals surface area contributed by atoms with Crippen LogP contribution >= 0.6 is 0 Å². The predicted molar refractivity (Wildman–Crippen MR) is 98.4 cm³/mol. The van der Waals surface area contributed by atoms with Gasteiger partial charge in [-0.1, -0.05) is 45.0 Å². The molecule has 2 rings (SSSR count). The molecule has 1 fully saturated rings. The third kappa shape index (κ3) is 6.77. The van der Waals surface area contributed by atoms with Crippen LogP contribution in [0.15, 0.2) is 24.3 Å². The lowest BCUT2D eigenvalue weighted by Crippen LogP contribution is -2.40. The fourth-order valence-electron chi connectivity index (χ4n) is 2.94. The van der Waals surface area contributed by atoms with Gasteiger partial charge < -0.3 is 14.4 Å². The second-order valence-corrected chi connectivity index (χ2v) is 5.92. The third-order valence-electron chi connectivity index (χ3n) is 4.18. The van der Waals surface area contributed by atoms with E-state index in [1.54, 1.807) is 11.8 Å². The number of hydrogen-bond acceptors (Lipinski definition) is 4. The van der Waals surface area contributed by atoms with E-state index in [9.17, 15) is 9.59 Å². The van der Waals surface area contributed by atoms with Gasteiger partial charge in [-0.2, -0.15) is 0 Å². The number of esters is 1. The SMILES string of the molecule is CC.CCc1cccc(C2CCN(C(=O)OC(C)OC(C)=O)CC2)c1. The van der Waals surface area contributed by atoms with Crippen molar-refractivity contribution >= 4 is 12.1 Å². The topological polar surface area (TPSA) is 55.8 Å². The molecular weight excluding hydrogens is 318 g/mol. The summed E-state index contributed by atoms with van der Waals surface area (Å²) in [6.07, 6.45) is 1.61. The molecule has 140 valence electrons. The molecule has 1 atom stereocenters. The lowest BCUT2D eigenvalue weighted by atomic mass is 9.88. The van der Waals surface area contributed by atoms with Crippen molar-refractivity contribution in [1.82, 2.24) is 4.90 Å². The Hall–Kier alpha value is -2.04. The Morgan fingerprint density at radius 1 is 1.20 bits per heavy atom. The quantitative estimate of drug-likeness (QED) is 0.593. The van der Waals surface area contributed by atoms with Crippen molar-refractivity contribution in [3.8, 4) is 0 Å². The summed E-state index contributed by atoms with van der Waals surface area (Å²) in [5, 5.41) is 0. The highest BCUT2D eigenvalue weighted by atomic mass is 16.7. The van der Waals surface area contributed by atoms with Gasteiger partial charge in [-0.3, -0.25) is 4.79 Å². The molecule has 1 aliphatic heterocycles. The number of rotatable bonds is 4. The van der Waals surface area contributed by atoms with Crippen molar-refractivity contribution < 1.29 is 19.1 Å². The second kappa shape index (κ2) is 10.7. The van der Waals surface area contributed by atoms with E-state index in [4.69, 9.17) is 9.47 Å². The number of amides is 1. The van der Waals surface area contributed by atoms with Crippen molar-refractivity contribution in [3.05, 3.63) is 35.4 Å². The van der Waals surface area contributed by atoms with Crippen LogP contribution in [0.25, 0.3) is 0 Å². The largest absolute Gasteiger partial charge is 0.426 e. The minimum absolute atomic E-state index is 0.417. The highest BCUT2D eigenvalue weighted by Crippen LogP contribution is 2.29. The maximum Gasteiger partial charge on any atom is 0.412 e. The fourth-order valence-corrected chi connectivity index (χ4v) is 2.94. The maximum atomic E-state index is 12.0. The van der Waals surface area contributed by atoms with Gasteiger partial charge >= 0.3 is 12.1 Å². The van der Waals surface area contributed by atoms with Gasteiger partial charge in [0, 0.05) is 26.9 Å². The summed E-state index contributed by atoms with van der Waals surface area (Å²) in [6, 6.07) is 8.68. The smallest absolute Gasteiger partial charge is 0.412 e. The van der Waals surface area contributed by atoms with Gasteiger partial charge in [0.05, 0.1) is 0 Å². The van der Waals surface area contributed by atoms with Crippen LogP contribution in [0.2, 0.25) is 0 Å². The first-order valence-corrected chi connectivity index (χ1v) is 9.21. The zero-order chi connectivity index (χ0) is 18.8. The molecule has 1 amide bonds. The van der Waals surface area contributed by atoms with Gasteiger partial charge in [-0.25, -0.2) is 4.79 Å². The molecule has 5 heteroatoms. The summed E-state index contributed by atoms with van der Waals surface area (Å²) in [5.74, 6) is 0.0243. The van der Waals surface area contributed by atoms with Crippen LogP contribution in [0.1, 0.15) is 64.5 Å². The summed E-state index contributed by atoms with van der Waals surface area (Å²) in [4.78, 5) is 24.6. The molecule has 0 N–H and O–H groups in total. The Morgan fingerprint density at radius 2 is 1.84 bits per heavy atom. The monoisotopic (exact) mass is 349 g/mol. The van der Waals surface area contributed by atoms with E-state index >= 15 is 0 Å². The molecule has 0 bridgehead atoms. The number of benzene rings is 1. The Balaban J connectivity index is 0.00000151. The second-order valence-electron chi connectivity index (χ2n) is 5.92. The molecule has 1 unspecified atom stereocenters. The molecule has 1 aliphatic rings. The van der Waals surface area contributed by atoms with Crippen molar-refractivity contribution in [3.63, 3.8) is 0 Å². The number of hydrogen-bond donors (Lipinski definition) is 0. The minimum Gasteiger partial charge on any atom is -0.426 e. The van der Waals surface area contributed by atoms with Crippen molar-refractivity contribution in [2.45, 2.75) is 66.1 Å². The standard InChI is InChI=1S/C18H25NO4.C2H6/c1-4-15-6-5-7-17(12-15)16-8-10-19(11-9-16)18(21)23-14(3)22-13(2)20;1-2/h5-7,12,14,16H,4,8-11H2,1-3H3;1-2H3. The molecular formula is C20H31NO4. The van der Waals surface area contributed by atoms with E-state index < -0.39 is 18.4 Å². The Labute approximate surface area is 151 Å². The minimum atomic E-state index is -0.848. The first-order valence-electron chi connectivity index (χ1n) is 9.21. The van der Waals surface area contributed by atoms with E-state index in [-0.39, 0.29) is 0 Å². The Bertz CT molecular complexity index is 550. The van der Waals surface area contributed by atoms with Crippen LogP contribution in [0.3, 0.4) is 0 Å². The summed E-state index contributed by atoms with van der Waals surface area (Å²) < 4.78 is 9.94. The summed E-state index contributed by atoms with van der Waals surface area (Å²) >= 11 is 0. The van der Waals surface area contributed by atoms with E-state index in [0.29, 0.717) is 19.0 Å². The fraction of sp³-hybridized carbons (Fsp3) is 0.600. The predicted octanol–water partition coefficient (Wildman–Crippen LogP) is 4.50. The van der Waals surface area contributed by atoms with Crippen LogP contribution < -0.4 is 0 Å². The van der Waals surface area contributed by atoms with Crippen LogP contribution in [-0.2, 0) is 20.7 Å². The number of likely N-dealkylation sites (tertiary alicyclic amines) is 1. The molecule has 0 aliphatic carbocycles. The molecule has 0 aromatic heterocycles. The maximum absolute atomic E-state index is 12.0. The molecule has 1 aromatic rings. The first kappa shape index (κ1) is 21.0. The summed E-state index contributed by atoms with van der Waals surface area (Å²) in [5.41, 5.74) is 2.70. The molecule has 0 radical (unpaired) electrons. The average Bonchev–Trinajstić information content (AvgIpc) is 2.63. The van der Waals surface area contributed by atoms with E-state index in [1.165, 1.54) is 18.1 Å². The lowest BCUT2D eigenvalue weighted by Gasteiger charge is -2.32. The van der Waals surface area contributed by atoms with E-state index in [1.807, 2.05) is 13.8 Å². The highest BCUT2D eigenvalue weighted by molar-refractivity contribution is 5.69.